The Labute approximate surface area is 151 Å². The van der Waals surface area contributed by atoms with Crippen molar-refractivity contribution in [2.24, 2.45) is 4.99 Å². The normalized spacial score (nSPS) is 10.8. The molecule has 0 unspecified atom stereocenters. The third kappa shape index (κ3) is 4.87. The molecule has 7 heteroatoms. The molecule has 23 heavy (non-hydrogen) atoms. The maximum atomic E-state index is 11.5. The molecule has 0 amide bonds. The van der Waals surface area contributed by atoms with Gasteiger partial charge in [0.1, 0.15) is 11.5 Å². The van der Waals surface area contributed by atoms with Crippen LogP contribution in [0.3, 0.4) is 0 Å². The van der Waals surface area contributed by atoms with Crippen molar-refractivity contribution in [2.75, 3.05) is 7.11 Å². The SMILES string of the molecule is CCC(=O)Oc1ccc(OC)cc1/C=N/c1ncc(Br)cc1Br. The van der Waals surface area contributed by atoms with E-state index in [1.165, 1.54) is 0 Å². The third-order valence-corrected chi connectivity index (χ3v) is 3.86. The molecule has 2 aromatic rings. The predicted molar refractivity (Wildman–Crippen MR) is 95.8 cm³/mol. The molecule has 0 fully saturated rings. The number of hydrogen-bond acceptors (Lipinski definition) is 5. The Morgan fingerprint density at radius 1 is 1.35 bits per heavy atom. The highest BCUT2D eigenvalue weighted by Gasteiger charge is 2.09. The van der Waals surface area contributed by atoms with Gasteiger partial charge in [0.15, 0.2) is 5.82 Å². The van der Waals surface area contributed by atoms with Crippen LogP contribution in [0, 0.1) is 0 Å². The third-order valence-electron chi connectivity index (χ3n) is 2.84. The number of aliphatic imine (C=N–C) groups is 1. The summed E-state index contributed by atoms with van der Waals surface area (Å²) in [5, 5.41) is 0. The fraction of sp³-hybridized carbons (Fsp3) is 0.188. The summed E-state index contributed by atoms with van der Waals surface area (Å²) in [4.78, 5) is 20.1. The van der Waals surface area contributed by atoms with Crippen molar-refractivity contribution < 1.29 is 14.3 Å². The summed E-state index contributed by atoms with van der Waals surface area (Å²) in [5.74, 6) is 1.27. The molecule has 0 aliphatic rings. The average Bonchev–Trinajstić information content (AvgIpc) is 2.55. The minimum atomic E-state index is -0.312. The molecular formula is C16H14Br2N2O3. The summed E-state index contributed by atoms with van der Waals surface area (Å²) >= 11 is 6.74. The average molecular weight is 442 g/mol. The highest BCUT2D eigenvalue weighted by Crippen LogP contribution is 2.27. The van der Waals surface area contributed by atoms with Gasteiger partial charge in [0.25, 0.3) is 0 Å². The predicted octanol–water partition coefficient (Wildman–Crippen LogP) is 4.68. The van der Waals surface area contributed by atoms with Gasteiger partial charge in [0, 0.05) is 28.9 Å². The molecule has 0 aliphatic carbocycles. The van der Waals surface area contributed by atoms with Crippen molar-refractivity contribution in [3.63, 3.8) is 0 Å². The number of halogens is 2. The molecule has 120 valence electrons. The van der Waals surface area contributed by atoms with Crippen molar-refractivity contribution in [2.45, 2.75) is 13.3 Å². The Morgan fingerprint density at radius 2 is 2.13 bits per heavy atom. The lowest BCUT2D eigenvalue weighted by molar-refractivity contribution is -0.134. The van der Waals surface area contributed by atoms with Gasteiger partial charge < -0.3 is 9.47 Å². The van der Waals surface area contributed by atoms with Gasteiger partial charge in [-0.15, -0.1) is 0 Å². The number of pyridine rings is 1. The molecule has 0 atom stereocenters. The number of hydrogen-bond donors (Lipinski definition) is 0. The minimum Gasteiger partial charge on any atom is -0.497 e. The summed E-state index contributed by atoms with van der Waals surface area (Å²) < 4.78 is 12.1. The van der Waals surface area contributed by atoms with Crippen LogP contribution in [0.25, 0.3) is 0 Å². The summed E-state index contributed by atoms with van der Waals surface area (Å²) in [6.45, 7) is 1.74. The highest BCUT2D eigenvalue weighted by atomic mass is 79.9. The van der Waals surface area contributed by atoms with E-state index in [1.54, 1.807) is 44.6 Å². The smallest absolute Gasteiger partial charge is 0.310 e. The van der Waals surface area contributed by atoms with E-state index in [2.05, 4.69) is 41.8 Å². The zero-order valence-electron chi connectivity index (χ0n) is 12.5. The van der Waals surface area contributed by atoms with Crippen molar-refractivity contribution in [3.05, 3.63) is 45.0 Å². The lowest BCUT2D eigenvalue weighted by Gasteiger charge is -2.08. The molecule has 0 bridgehead atoms. The van der Waals surface area contributed by atoms with E-state index in [4.69, 9.17) is 9.47 Å². The van der Waals surface area contributed by atoms with E-state index in [-0.39, 0.29) is 5.97 Å². The number of esters is 1. The second-order valence-electron chi connectivity index (χ2n) is 4.45. The topological polar surface area (TPSA) is 60.8 Å². The molecule has 1 heterocycles. The van der Waals surface area contributed by atoms with Gasteiger partial charge in [0.2, 0.25) is 0 Å². The van der Waals surface area contributed by atoms with Crippen LogP contribution in [-0.2, 0) is 4.79 Å². The van der Waals surface area contributed by atoms with Gasteiger partial charge in [-0.1, -0.05) is 6.92 Å². The lowest BCUT2D eigenvalue weighted by Crippen LogP contribution is -2.07. The van der Waals surface area contributed by atoms with E-state index in [1.807, 2.05) is 6.07 Å². The van der Waals surface area contributed by atoms with Crippen LogP contribution in [-0.4, -0.2) is 24.3 Å². The number of rotatable bonds is 5. The minimum absolute atomic E-state index is 0.294. The van der Waals surface area contributed by atoms with Gasteiger partial charge >= 0.3 is 5.97 Å². The first-order chi connectivity index (χ1) is 11.0. The van der Waals surface area contributed by atoms with Crippen LogP contribution in [0.1, 0.15) is 18.9 Å². The molecule has 1 aromatic carbocycles. The number of ether oxygens (including phenoxy) is 2. The summed E-state index contributed by atoms with van der Waals surface area (Å²) in [7, 11) is 1.57. The van der Waals surface area contributed by atoms with Crippen LogP contribution in [0.5, 0.6) is 11.5 Å². The highest BCUT2D eigenvalue weighted by molar-refractivity contribution is 9.11. The second-order valence-corrected chi connectivity index (χ2v) is 6.22. The molecular weight excluding hydrogens is 428 g/mol. The van der Waals surface area contributed by atoms with E-state index in [0.29, 0.717) is 29.3 Å². The first-order valence-corrected chi connectivity index (χ1v) is 8.36. The summed E-state index contributed by atoms with van der Waals surface area (Å²) in [5.41, 5.74) is 0.628. The van der Waals surface area contributed by atoms with Crippen LogP contribution >= 0.6 is 31.9 Å². The van der Waals surface area contributed by atoms with Gasteiger partial charge in [-0.25, -0.2) is 9.98 Å². The zero-order chi connectivity index (χ0) is 16.8. The number of aromatic nitrogens is 1. The van der Waals surface area contributed by atoms with Crippen molar-refractivity contribution in [1.29, 1.82) is 0 Å². The number of methoxy groups -OCH3 is 1. The monoisotopic (exact) mass is 440 g/mol. The number of carbonyl (C=O) groups excluding carboxylic acids is 1. The first-order valence-electron chi connectivity index (χ1n) is 6.77. The van der Waals surface area contributed by atoms with Gasteiger partial charge in [0.05, 0.1) is 11.6 Å². The maximum Gasteiger partial charge on any atom is 0.310 e. The molecule has 0 aliphatic heterocycles. The number of benzene rings is 1. The lowest BCUT2D eigenvalue weighted by atomic mass is 10.2. The Morgan fingerprint density at radius 3 is 2.78 bits per heavy atom. The van der Waals surface area contributed by atoms with Crippen molar-refractivity contribution >= 4 is 49.9 Å². The van der Waals surface area contributed by atoms with Crippen molar-refractivity contribution in [1.82, 2.24) is 4.98 Å². The number of nitrogens with zero attached hydrogens (tertiary/aromatic N) is 2. The molecule has 0 saturated heterocycles. The maximum absolute atomic E-state index is 11.5. The Kier molecular flexibility index (Phi) is 6.29. The van der Waals surface area contributed by atoms with Gasteiger partial charge in [-0.3, -0.25) is 4.79 Å². The van der Waals surface area contributed by atoms with Crippen LogP contribution in [0.15, 0.2) is 44.4 Å². The largest absolute Gasteiger partial charge is 0.497 e. The van der Waals surface area contributed by atoms with Crippen LogP contribution < -0.4 is 9.47 Å². The fourth-order valence-corrected chi connectivity index (χ4v) is 2.77. The second kappa shape index (κ2) is 8.21. The Balaban J connectivity index is 2.35. The summed E-state index contributed by atoms with van der Waals surface area (Å²) in [6.07, 6.45) is 3.53. The quantitative estimate of drug-likeness (QED) is 0.384. The molecule has 2 rings (SSSR count). The first kappa shape index (κ1) is 17.6. The Hall–Kier alpha value is -1.73. The van der Waals surface area contributed by atoms with Crippen LogP contribution in [0.4, 0.5) is 5.82 Å². The van der Waals surface area contributed by atoms with Gasteiger partial charge in [-0.05, 0) is 56.1 Å². The van der Waals surface area contributed by atoms with E-state index in [9.17, 15) is 4.79 Å². The summed E-state index contributed by atoms with van der Waals surface area (Å²) in [6, 6.07) is 7.00. The molecule has 0 saturated carbocycles. The van der Waals surface area contributed by atoms with E-state index >= 15 is 0 Å². The van der Waals surface area contributed by atoms with E-state index in [0.717, 1.165) is 8.95 Å². The molecule has 0 N–H and O–H groups in total. The van der Waals surface area contributed by atoms with Crippen LogP contribution in [0.2, 0.25) is 0 Å². The molecule has 0 radical (unpaired) electrons. The number of carbonyl (C=O) groups is 1. The zero-order valence-corrected chi connectivity index (χ0v) is 15.7. The fourth-order valence-electron chi connectivity index (χ4n) is 1.68. The molecule has 5 nitrogen and oxygen atoms in total. The van der Waals surface area contributed by atoms with Gasteiger partial charge in [-0.2, -0.15) is 0 Å². The van der Waals surface area contributed by atoms with Crippen molar-refractivity contribution in [3.8, 4) is 11.5 Å². The standard InChI is InChI=1S/C16H14Br2N2O3/c1-3-15(21)23-14-5-4-12(22-2)6-10(14)8-19-16-13(18)7-11(17)9-20-16/h4-9H,3H2,1-2H3/b19-8+. The van der Waals surface area contributed by atoms with E-state index < -0.39 is 0 Å². The molecule has 0 spiro atoms. The Bertz CT molecular complexity index is 748. The molecule has 1 aromatic heterocycles.